The minimum atomic E-state index is -0.0237. The fraction of sp³-hybridized carbons (Fsp3) is 1.00. The van der Waals surface area contributed by atoms with E-state index in [1.807, 2.05) is 0 Å². The Morgan fingerprint density at radius 1 is 1.00 bits per heavy atom. The van der Waals surface area contributed by atoms with Gasteiger partial charge < -0.3 is 9.47 Å². The van der Waals surface area contributed by atoms with Gasteiger partial charge in [-0.1, -0.05) is 40.0 Å². The molecule has 102 valence electrons. The van der Waals surface area contributed by atoms with E-state index in [0.29, 0.717) is 5.92 Å². The molecule has 1 aliphatic rings. The van der Waals surface area contributed by atoms with Crippen LogP contribution in [0, 0.1) is 23.7 Å². The fourth-order valence-electron chi connectivity index (χ4n) is 3.17. The Hall–Kier alpha value is -0.0800. The Bertz CT molecular complexity index is 199. The van der Waals surface area contributed by atoms with Crippen molar-refractivity contribution in [3.8, 4) is 0 Å². The summed E-state index contributed by atoms with van der Waals surface area (Å²) in [6.07, 6.45) is 6.64. The Morgan fingerprint density at radius 2 is 1.59 bits per heavy atom. The molecule has 0 bridgehead atoms. The summed E-state index contributed by atoms with van der Waals surface area (Å²) >= 11 is 0. The van der Waals surface area contributed by atoms with Crippen molar-refractivity contribution in [3.05, 3.63) is 0 Å². The average molecular weight is 242 g/mol. The lowest BCUT2D eigenvalue weighted by Gasteiger charge is -2.35. The molecule has 0 saturated heterocycles. The van der Waals surface area contributed by atoms with Gasteiger partial charge in [0.25, 0.3) is 0 Å². The van der Waals surface area contributed by atoms with Gasteiger partial charge in [-0.05, 0) is 30.1 Å². The maximum atomic E-state index is 5.31. The first kappa shape index (κ1) is 15.0. The smallest absolute Gasteiger partial charge is 0.157 e. The molecule has 2 heteroatoms. The highest BCUT2D eigenvalue weighted by molar-refractivity contribution is 4.78. The average Bonchev–Trinajstić information content (AvgIpc) is 2.35. The van der Waals surface area contributed by atoms with Gasteiger partial charge in [0.15, 0.2) is 6.29 Å². The first-order chi connectivity index (χ1) is 8.08. The van der Waals surface area contributed by atoms with Crippen LogP contribution in [-0.4, -0.2) is 20.5 Å². The molecule has 1 saturated carbocycles. The van der Waals surface area contributed by atoms with Gasteiger partial charge in [-0.15, -0.1) is 0 Å². The predicted molar refractivity (Wildman–Crippen MR) is 71.9 cm³/mol. The molecule has 0 aromatic heterocycles. The van der Waals surface area contributed by atoms with Gasteiger partial charge in [-0.25, -0.2) is 0 Å². The normalized spacial score (nSPS) is 27.7. The summed E-state index contributed by atoms with van der Waals surface area (Å²) in [5.41, 5.74) is 0. The van der Waals surface area contributed by atoms with Crippen molar-refractivity contribution in [1.82, 2.24) is 0 Å². The number of methoxy groups -OCH3 is 2. The van der Waals surface area contributed by atoms with Crippen LogP contribution in [0.3, 0.4) is 0 Å². The highest BCUT2D eigenvalue weighted by Gasteiger charge is 2.28. The quantitative estimate of drug-likeness (QED) is 0.653. The van der Waals surface area contributed by atoms with E-state index in [1.165, 1.54) is 25.7 Å². The van der Waals surface area contributed by atoms with Crippen LogP contribution < -0.4 is 0 Å². The van der Waals surface area contributed by atoms with Gasteiger partial charge in [0.1, 0.15) is 0 Å². The molecule has 0 spiro atoms. The van der Waals surface area contributed by atoms with Gasteiger partial charge in [0.2, 0.25) is 0 Å². The standard InChI is InChI=1S/C15H30O2/c1-11(2)13-7-6-8-14(10-13)12(3)9-15(16-4)17-5/h11-15H,6-10H2,1-5H3. The van der Waals surface area contributed by atoms with Crippen LogP contribution in [0.2, 0.25) is 0 Å². The van der Waals surface area contributed by atoms with Crippen LogP contribution in [0.15, 0.2) is 0 Å². The van der Waals surface area contributed by atoms with Crippen LogP contribution in [-0.2, 0) is 9.47 Å². The van der Waals surface area contributed by atoms with Crippen LogP contribution in [0.5, 0.6) is 0 Å². The third-order valence-corrected chi connectivity index (χ3v) is 4.59. The zero-order valence-electron chi connectivity index (χ0n) is 12.2. The van der Waals surface area contributed by atoms with E-state index < -0.39 is 0 Å². The first-order valence-corrected chi connectivity index (χ1v) is 7.14. The first-order valence-electron chi connectivity index (χ1n) is 7.14. The van der Waals surface area contributed by atoms with Crippen LogP contribution in [0.25, 0.3) is 0 Å². The number of hydrogen-bond donors (Lipinski definition) is 0. The minimum absolute atomic E-state index is 0.0237. The molecule has 0 N–H and O–H groups in total. The molecule has 0 aliphatic heterocycles. The summed E-state index contributed by atoms with van der Waals surface area (Å²) in [5.74, 6) is 3.34. The number of rotatable bonds is 6. The third-order valence-electron chi connectivity index (χ3n) is 4.59. The molecule has 17 heavy (non-hydrogen) atoms. The van der Waals surface area contributed by atoms with Crippen molar-refractivity contribution in [1.29, 1.82) is 0 Å². The molecule has 0 radical (unpaired) electrons. The maximum Gasteiger partial charge on any atom is 0.157 e. The molecule has 1 aliphatic carbocycles. The highest BCUT2D eigenvalue weighted by atomic mass is 16.7. The Labute approximate surface area is 107 Å². The van der Waals surface area contributed by atoms with Gasteiger partial charge in [-0.2, -0.15) is 0 Å². The molecular weight excluding hydrogens is 212 g/mol. The number of hydrogen-bond acceptors (Lipinski definition) is 2. The van der Waals surface area contributed by atoms with E-state index in [-0.39, 0.29) is 6.29 Å². The predicted octanol–water partition coefficient (Wildman–Crippen LogP) is 4.09. The van der Waals surface area contributed by atoms with Crippen molar-refractivity contribution >= 4 is 0 Å². The van der Waals surface area contributed by atoms with Crippen molar-refractivity contribution in [3.63, 3.8) is 0 Å². The molecule has 1 fully saturated rings. The fourth-order valence-corrected chi connectivity index (χ4v) is 3.17. The molecule has 0 aromatic rings. The second-order valence-corrected chi connectivity index (χ2v) is 6.04. The van der Waals surface area contributed by atoms with Gasteiger partial charge in [0.05, 0.1) is 0 Å². The molecule has 0 aromatic carbocycles. The lowest BCUT2D eigenvalue weighted by atomic mass is 9.71. The van der Waals surface area contributed by atoms with Crippen molar-refractivity contribution in [2.45, 2.75) is 59.2 Å². The van der Waals surface area contributed by atoms with Gasteiger partial charge >= 0.3 is 0 Å². The minimum Gasteiger partial charge on any atom is -0.356 e. The van der Waals surface area contributed by atoms with Crippen LogP contribution >= 0.6 is 0 Å². The van der Waals surface area contributed by atoms with E-state index in [9.17, 15) is 0 Å². The third kappa shape index (κ3) is 4.59. The lowest BCUT2D eigenvalue weighted by molar-refractivity contribution is -0.117. The van der Waals surface area contributed by atoms with Gasteiger partial charge in [-0.3, -0.25) is 0 Å². The van der Waals surface area contributed by atoms with Crippen LogP contribution in [0.1, 0.15) is 52.9 Å². The highest BCUT2D eigenvalue weighted by Crippen LogP contribution is 2.38. The van der Waals surface area contributed by atoms with Crippen molar-refractivity contribution in [2.24, 2.45) is 23.7 Å². The number of ether oxygens (including phenoxy) is 2. The van der Waals surface area contributed by atoms with Crippen molar-refractivity contribution < 1.29 is 9.47 Å². The van der Waals surface area contributed by atoms with E-state index >= 15 is 0 Å². The summed E-state index contributed by atoms with van der Waals surface area (Å²) in [4.78, 5) is 0. The summed E-state index contributed by atoms with van der Waals surface area (Å²) in [6, 6.07) is 0. The monoisotopic (exact) mass is 242 g/mol. The SMILES string of the molecule is COC(CC(C)C1CCCC(C(C)C)C1)OC. The van der Waals surface area contributed by atoms with E-state index in [0.717, 1.165) is 24.2 Å². The second kappa shape index (κ2) is 7.38. The molecule has 1 rings (SSSR count). The van der Waals surface area contributed by atoms with Gasteiger partial charge in [0, 0.05) is 20.6 Å². The second-order valence-electron chi connectivity index (χ2n) is 6.04. The Balaban J connectivity index is 2.42. The largest absolute Gasteiger partial charge is 0.356 e. The van der Waals surface area contributed by atoms with E-state index in [2.05, 4.69) is 20.8 Å². The summed E-state index contributed by atoms with van der Waals surface area (Å²) in [7, 11) is 3.47. The topological polar surface area (TPSA) is 18.5 Å². The molecule has 3 unspecified atom stereocenters. The summed E-state index contributed by atoms with van der Waals surface area (Å²) in [5, 5.41) is 0. The summed E-state index contributed by atoms with van der Waals surface area (Å²) in [6.45, 7) is 7.09. The lowest BCUT2D eigenvalue weighted by Crippen LogP contribution is -2.27. The van der Waals surface area contributed by atoms with Crippen LogP contribution in [0.4, 0.5) is 0 Å². The zero-order chi connectivity index (χ0) is 12.8. The summed E-state index contributed by atoms with van der Waals surface area (Å²) < 4.78 is 10.6. The molecule has 3 atom stereocenters. The molecule has 0 amide bonds. The molecule has 2 nitrogen and oxygen atoms in total. The van der Waals surface area contributed by atoms with E-state index in [1.54, 1.807) is 14.2 Å². The molecule has 0 heterocycles. The van der Waals surface area contributed by atoms with E-state index in [4.69, 9.17) is 9.47 Å². The van der Waals surface area contributed by atoms with Crippen molar-refractivity contribution in [2.75, 3.05) is 14.2 Å². The zero-order valence-corrected chi connectivity index (χ0v) is 12.2. The molecular formula is C15H30O2. The Kier molecular flexibility index (Phi) is 6.50. The maximum absolute atomic E-state index is 5.31. The Morgan fingerprint density at radius 3 is 2.12 bits per heavy atom.